The van der Waals surface area contributed by atoms with Gasteiger partial charge in [-0.25, -0.2) is 18.4 Å². The molecule has 0 aliphatic carbocycles. The van der Waals surface area contributed by atoms with Crippen molar-refractivity contribution in [1.29, 1.82) is 0 Å². The summed E-state index contributed by atoms with van der Waals surface area (Å²) in [7, 11) is -3.05. The average molecular weight is 824 g/mol. The van der Waals surface area contributed by atoms with Gasteiger partial charge in [-0.3, -0.25) is 19.2 Å². The highest BCUT2D eigenvalue weighted by Gasteiger charge is 2.30. The van der Waals surface area contributed by atoms with E-state index in [1.54, 1.807) is 36.4 Å². The fraction of sp³-hybridized carbons (Fsp3) is 0.152. The zero-order chi connectivity index (χ0) is 37.7. The number of hydrogen-bond donors (Lipinski definition) is 2. The zero-order valence-corrected chi connectivity index (χ0v) is 31.1. The molecule has 4 aromatic carbocycles. The number of benzene rings is 4. The van der Waals surface area contributed by atoms with Crippen molar-refractivity contribution in [2.45, 2.75) is 26.2 Å². The smallest absolute Gasteiger partial charge is 0.288 e. The molecule has 0 radical (unpaired) electrons. The third-order valence-corrected chi connectivity index (χ3v) is 12.1. The Balaban J connectivity index is 1.14. The summed E-state index contributed by atoms with van der Waals surface area (Å²) >= 11 is 2.95. The van der Waals surface area contributed by atoms with E-state index in [-0.39, 0.29) is 32.3 Å². The molecule has 2 N–H and O–H groups in total. The van der Waals surface area contributed by atoms with Gasteiger partial charge in [0, 0.05) is 9.79 Å². The minimum Gasteiger partial charge on any atom is -0.495 e. The molecule has 0 unspecified atom stereocenters. The van der Waals surface area contributed by atoms with Crippen LogP contribution in [0.15, 0.2) is 99.6 Å². The number of anilines is 3. The first kappa shape index (κ1) is 38.1. The third-order valence-electron chi connectivity index (χ3n) is 7.09. The number of thiazole rings is 2. The van der Waals surface area contributed by atoms with Crippen LogP contribution < -0.4 is 24.4 Å². The van der Waals surface area contributed by atoms with Crippen LogP contribution in [0.3, 0.4) is 0 Å². The maximum atomic E-state index is 14.0. The second-order valence-corrected chi connectivity index (χ2v) is 16.6. The van der Waals surface area contributed by atoms with Gasteiger partial charge >= 0.3 is 0 Å². The van der Waals surface area contributed by atoms with Gasteiger partial charge in [-0.1, -0.05) is 58.3 Å². The summed E-state index contributed by atoms with van der Waals surface area (Å²) in [5.74, 6) is -6.11. The molecule has 2 heterocycles. The van der Waals surface area contributed by atoms with Gasteiger partial charge in [-0.15, -0.1) is 0 Å². The molecule has 0 aliphatic rings. The molecule has 20 heteroatoms. The number of thioether (sulfide) groups is 2. The van der Waals surface area contributed by atoms with Crippen molar-refractivity contribution >= 4 is 104 Å². The highest BCUT2D eigenvalue weighted by atomic mass is 32.2. The van der Waals surface area contributed by atoms with Crippen LogP contribution in [0.4, 0.5) is 33.5 Å². The van der Waals surface area contributed by atoms with Crippen molar-refractivity contribution in [3.63, 3.8) is 0 Å². The van der Waals surface area contributed by atoms with Crippen molar-refractivity contribution in [3.05, 3.63) is 84.9 Å². The van der Waals surface area contributed by atoms with Gasteiger partial charge in [0.1, 0.15) is 18.0 Å². The Morgan fingerprint density at radius 3 is 1.89 bits per heavy atom. The van der Waals surface area contributed by atoms with E-state index in [0.29, 0.717) is 53.7 Å². The fourth-order valence-electron chi connectivity index (χ4n) is 4.83. The van der Waals surface area contributed by atoms with Gasteiger partial charge in [0.15, 0.2) is 16.9 Å². The van der Waals surface area contributed by atoms with Crippen LogP contribution in [0.1, 0.15) is 0 Å². The van der Waals surface area contributed by atoms with Crippen molar-refractivity contribution < 1.29 is 45.0 Å². The van der Waals surface area contributed by atoms with Gasteiger partial charge in [-0.2, -0.15) is 17.6 Å². The van der Waals surface area contributed by atoms with Crippen LogP contribution in [-0.2, 0) is 19.6 Å². The predicted molar refractivity (Wildman–Crippen MR) is 200 cm³/mol. The second-order valence-electron chi connectivity index (χ2n) is 10.6. The van der Waals surface area contributed by atoms with E-state index in [9.17, 15) is 35.6 Å². The molecule has 11 nitrogen and oxygen atoms in total. The minimum atomic E-state index is -4.41. The molecule has 0 saturated heterocycles. The first-order valence-corrected chi connectivity index (χ1v) is 19.9. The lowest BCUT2D eigenvalue weighted by Crippen LogP contribution is -2.38. The van der Waals surface area contributed by atoms with Crippen LogP contribution in [0.2, 0.25) is 0 Å². The molecule has 0 bridgehead atoms. The number of carbonyl (C=O) groups is 2. The summed E-state index contributed by atoms with van der Waals surface area (Å²) in [5.41, 5.74) is 1.08. The van der Waals surface area contributed by atoms with E-state index < -0.39 is 46.5 Å². The number of aromatic nitrogens is 2. The maximum absolute atomic E-state index is 14.0. The highest BCUT2D eigenvalue weighted by Crippen LogP contribution is 2.35. The topological polar surface area (TPSA) is 140 Å². The lowest BCUT2D eigenvalue weighted by molar-refractivity contribution is -0.118. The molecule has 0 saturated carbocycles. The van der Waals surface area contributed by atoms with Crippen molar-refractivity contribution in [2.75, 3.05) is 35.2 Å². The first-order valence-electron chi connectivity index (χ1n) is 15.1. The normalized spacial score (nSPS) is 11.7. The Morgan fingerprint density at radius 2 is 1.34 bits per heavy atom. The number of sulfonamides is 1. The van der Waals surface area contributed by atoms with E-state index in [0.717, 1.165) is 27.0 Å². The number of nitrogens with one attached hydrogen (secondary N) is 2. The Labute approximate surface area is 315 Å². The Morgan fingerprint density at radius 1 is 0.792 bits per heavy atom. The number of hydrogen-bond acceptors (Lipinski definition) is 12. The molecular weight excluding hydrogens is 799 g/mol. The number of para-hydroxylation sites is 2. The lowest BCUT2D eigenvalue weighted by Gasteiger charge is -2.25. The summed E-state index contributed by atoms with van der Waals surface area (Å²) in [6, 6.07) is 20.7. The number of nitrogens with zero attached hydrogens (tertiary/aromatic N) is 3. The van der Waals surface area contributed by atoms with Crippen LogP contribution in [0.25, 0.3) is 20.4 Å². The molecular formula is C33H25F4N5O6S5. The van der Waals surface area contributed by atoms with E-state index in [2.05, 4.69) is 20.6 Å². The van der Waals surface area contributed by atoms with Crippen molar-refractivity contribution in [2.24, 2.45) is 0 Å². The second kappa shape index (κ2) is 16.6. The molecule has 6 aromatic rings. The molecule has 0 atom stereocenters. The van der Waals surface area contributed by atoms with E-state index in [4.69, 9.17) is 9.47 Å². The largest absolute Gasteiger partial charge is 0.495 e. The third kappa shape index (κ3) is 9.49. The number of alkyl halides is 4. The Hall–Kier alpha value is -4.63. The summed E-state index contributed by atoms with van der Waals surface area (Å²) in [6.07, 6.45) is 0. The number of rotatable bonds is 15. The van der Waals surface area contributed by atoms with E-state index in [1.807, 2.05) is 0 Å². The molecule has 53 heavy (non-hydrogen) atoms. The molecule has 2 aromatic heterocycles. The fourth-order valence-corrected chi connectivity index (χ4v) is 9.33. The summed E-state index contributed by atoms with van der Waals surface area (Å²) in [6.45, 7) is -1.12. The van der Waals surface area contributed by atoms with Gasteiger partial charge in [0.2, 0.25) is 5.91 Å². The number of ether oxygens (including phenoxy) is 2. The number of halogens is 4. The SMILES string of the molecule is COc1ccccc1N(CC(=O)Nc1nc2ccc(SC(F)F)cc2s1)S(=O)(=O)c1ccc(OCC(=O)Nc2nc3ccc(SC(F)F)cc3s2)cc1. The van der Waals surface area contributed by atoms with Crippen LogP contribution in [0.5, 0.6) is 11.5 Å². The van der Waals surface area contributed by atoms with Crippen molar-refractivity contribution in [1.82, 2.24) is 9.97 Å². The number of amides is 2. The molecule has 0 fully saturated rings. The zero-order valence-electron chi connectivity index (χ0n) is 27.0. The van der Waals surface area contributed by atoms with Gasteiger partial charge in [-0.05, 0) is 72.8 Å². The number of fused-ring (bicyclic) bond motifs is 2. The quantitative estimate of drug-likeness (QED) is 0.0767. The Kier molecular flexibility index (Phi) is 11.9. The van der Waals surface area contributed by atoms with E-state index >= 15 is 0 Å². The summed E-state index contributed by atoms with van der Waals surface area (Å²) < 4.78 is 92.2. The molecule has 276 valence electrons. The van der Waals surface area contributed by atoms with Gasteiger partial charge in [0.05, 0.1) is 38.1 Å². The summed E-state index contributed by atoms with van der Waals surface area (Å²) in [4.78, 5) is 35.0. The highest BCUT2D eigenvalue weighted by molar-refractivity contribution is 7.99. The lowest BCUT2D eigenvalue weighted by atomic mass is 10.3. The maximum Gasteiger partial charge on any atom is 0.288 e. The summed E-state index contributed by atoms with van der Waals surface area (Å²) in [5, 5.41) is 5.59. The van der Waals surface area contributed by atoms with Gasteiger partial charge in [0.25, 0.3) is 27.4 Å². The molecule has 0 aliphatic heterocycles. The average Bonchev–Trinajstić information content (AvgIpc) is 3.71. The van der Waals surface area contributed by atoms with Crippen molar-refractivity contribution in [3.8, 4) is 11.5 Å². The van der Waals surface area contributed by atoms with E-state index in [1.165, 1.54) is 55.6 Å². The molecule has 6 rings (SSSR count). The van der Waals surface area contributed by atoms with Crippen LogP contribution in [0, 0.1) is 0 Å². The molecule has 2 amide bonds. The van der Waals surface area contributed by atoms with Crippen LogP contribution >= 0.6 is 46.2 Å². The Bertz CT molecular complexity index is 2380. The minimum absolute atomic E-state index is 0.0824. The van der Waals surface area contributed by atoms with Crippen LogP contribution in [-0.4, -0.2) is 62.0 Å². The monoisotopic (exact) mass is 823 g/mol. The standard InChI is InChI=1S/C33H25F4N5O6S5/c1-47-25-5-3-2-4-24(25)42(16-28(43)40-32-38-22-12-8-19(49-30(34)35)14-26(22)51-32)53(45,46)21-10-6-18(7-11-21)48-17-29(44)41-33-39-23-13-9-20(50-31(36)37)15-27(23)52-33/h2-15,30-31H,16-17H2,1H3,(H,38,40,43)(H,39,41,44). The number of carbonyl (C=O) groups excluding carboxylic acids is 2. The number of methoxy groups -OCH3 is 1. The predicted octanol–water partition coefficient (Wildman–Crippen LogP) is 8.40. The first-order chi connectivity index (χ1) is 25.4. The van der Waals surface area contributed by atoms with Gasteiger partial charge < -0.3 is 14.8 Å². The molecule has 0 spiro atoms.